The van der Waals surface area contributed by atoms with Crippen LogP contribution >= 0.6 is 0 Å². The average Bonchev–Trinajstić information content (AvgIpc) is 0.786. The Hall–Kier alpha value is -2.74. The molecule has 123 heavy (non-hydrogen) atoms. The molecule has 10 heteroatoms. The first-order chi connectivity index (χ1) is 59.3. The smallest absolute Gasteiger partial charge is 0.187 e. The normalized spacial score (nSPS) is 19.5. The van der Waals surface area contributed by atoms with Crippen LogP contribution in [-0.2, 0) is 67.2 Å². The van der Waals surface area contributed by atoms with Crippen LogP contribution in [0.5, 0.6) is 0 Å². The summed E-state index contributed by atoms with van der Waals surface area (Å²) in [4.78, 5) is 0. The van der Waals surface area contributed by atoms with E-state index in [1.807, 2.05) is 0 Å². The molecule has 10 nitrogen and oxygen atoms in total. The molecule has 0 N–H and O–H groups in total. The van der Waals surface area contributed by atoms with Crippen molar-refractivity contribution in [3.63, 3.8) is 0 Å². The lowest BCUT2D eigenvalue weighted by Crippen LogP contribution is -2.62. The van der Waals surface area contributed by atoms with Crippen LogP contribution in [0.15, 0.2) is 91.0 Å². The molecule has 0 unspecified atom stereocenters. The average molecular weight is 1720 g/mol. The van der Waals surface area contributed by atoms with Gasteiger partial charge in [0.1, 0.15) is 36.6 Å². The highest BCUT2D eigenvalue weighted by molar-refractivity contribution is 5.16. The zero-order valence-electron chi connectivity index (χ0n) is 84.3. The van der Waals surface area contributed by atoms with Crippen molar-refractivity contribution in [2.24, 2.45) is 94.7 Å². The van der Waals surface area contributed by atoms with E-state index in [2.05, 4.69) is 229 Å². The third-order valence-corrected chi connectivity index (χ3v) is 27.6. The first kappa shape index (κ1) is 113. The second-order valence-electron chi connectivity index (χ2n) is 43.0. The molecular formula is C113H202O10. The zero-order chi connectivity index (χ0) is 89.5. The van der Waals surface area contributed by atoms with E-state index in [1.165, 1.54) is 231 Å². The van der Waals surface area contributed by atoms with Crippen LogP contribution in [-0.4, -0.2) is 102 Å². The monoisotopic (exact) mass is 1720 g/mol. The van der Waals surface area contributed by atoms with Gasteiger partial charge in [-0.25, -0.2) is 0 Å². The molecule has 1 saturated heterocycles. The van der Waals surface area contributed by atoms with E-state index in [1.54, 1.807) is 0 Å². The van der Waals surface area contributed by atoms with Crippen molar-refractivity contribution in [1.82, 2.24) is 0 Å². The van der Waals surface area contributed by atoms with Gasteiger partial charge in [-0.2, -0.15) is 0 Å². The van der Waals surface area contributed by atoms with E-state index in [-0.39, 0.29) is 32.0 Å². The fraction of sp³-hybridized carbons (Fsp3) is 0.841. The summed E-state index contributed by atoms with van der Waals surface area (Å²) in [5.41, 5.74) is 3.20. The molecule has 1 heterocycles. The first-order valence-electron chi connectivity index (χ1n) is 52.5. The summed E-state index contributed by atoms with van der Waals surface area (Å²) in [5.74, 6) is 11.8. The number of benzene rings is 3. The summed E-state index contributed by atoms with van der Waals surface area (Å²) in [6.45, 7) is 53.6. The molecule has 0 bridgehead atoms. The summed E-state index contributed by atoms with van der Waals surface area (Å²) in [7, 11) is 0. The molecule has 0 aromatic heterocycles. The summed E-state index contributed by atoms with van der Waals surface area (Å²) < 4.78 is 71.3. The minimum atomic E-state index is -0.901. The fourth-order valence-electron chi connectivity index (χ4n) is 18.4. The highest BCUT2D eigenvalue weighted by atomic mass is 16.7. The molecule has 0 aliphatic carbocycles. The fourth-order valence-corrected chi connectivity index (χ4v) is 18.4. The molecular weight excluding hydrogens is 1520 g/mol. The summed E-state index contributed by atoms with van der Waals surface area (Å²) in [6.07, 6.45) is 47.4. The molecule has 1 aliphatic heterocycles. The SMILES string of the molecule is CC(C)CCC[C@@H](C)CCC[C@H](C)CCC[C@H](C)CCOC[C@@H](CO[C@H]1O[C@H](COCc2ccccc2)[C@@H](OCc2ccccc2)[C@H](OCc2ccccc2)[C@@H]1OC[C@H](COCC[C@@H](C)CCC[C@@H](C)CCC[C@H](C)CCCC(C)C)OCC[C@@H](C)CCC[C@@H](C)CCC[C@H](C)CCCC(C)C)OCC[C@@H](C)CCC[C@@H](C)CCC[C@H](C)CCCC(C)C. The van der Waals surface area contributed by atoms with Crippen LogP contribution in [0.2, 0.25) is 0 Å². The minimum Gasteiger partial charge on any atom is -0.379 e. The van der Waals surface area contributed by atoms with Gasteiger partial charge in [-0.3, -0.25) is 0 Å². The quantitative estimate of drug-likeness (QED) is 0.0509. The summed E-state index contributed by atoms with van der Waals surface area (Å²) in [5, 5.41) is 0. The predicted octanol–water partition coefficient (Wildman–Crippen LogP) is 32.2. The Morgan fingerprint density at radius 3 is 0.756 bits per heavy atom. The van der Waals surface area contributed by atoms with Crippen LogP contribution in [0, 0.1) is 94.7 Å². The lowest BCUT2D eigenvalue weighted by molar-refractivity contribution is -0.332. The van der Waals surface area contributed by atoms with Gasteiger partial charge in [0, 0.05) is 26.4 Å². The van der Waals surface area contributed by atoms with E-state index in [0.717, 1.165) is 113 Å². The van der Waals surface area contributed by atoms with Crippen LogP contribution in [0.3, 0.4) is 0 Å². The molecule has 1 fully saturated rings. The largest absolute Gasteiger partial charge is 0.379 e. The van der Waals surface area contributed by atoms with E-state index in [0.29, 0.717) is 83.1 Å². The molecule has 3 aromatic carbocycles. The van der Waals surface area contributed by atoms with Crippen LogP contribution in [0.4, 0.5) is 0 Å². The molecule has 0 radical (unpaired) electrons. The van der Waals surface area contributed by atoms with Gasteiger partial charge < -0.3 is 47.4 Å². The zero-order valence-corrected chi connectivity index (χ0v) is 84.3. The van der Waals surface area contributed by atoms with Crippen molar-refractivity contribution in [1.29, 1.82) is 0 Å². The Labute approximate surface area is 762 Å². The summed E-state index contributed by atoms with van der Waals surface area (Å²) in [6, 6.07) is 31.3. The number of hydrogen-bond acceptors (Lipinski definition) is 10. The molecule has 19 atom stereocenters. The maximum atomic E-state index is 7.51. The highest BCUT2D eigenvalue weighted by Gasteiger charge is 2.50. The molecule has 0 spiro atoms. The molecule has 0 saturated carbocycles. The minimum absolute atomic E-state index is 0.238. The third kappa shape index (κ3) is 60.0. The van der Waals surface area contributed by atoms with Crippen LogP contribution in [0.25, 0.3) is 0 Å². The van der Waals surface area contributed by atoms with Gasteiger partial charge in [0.05, 0.1) is 52.9 Å². The van der Waals surface area contributed by atoms with Crippen molar-refractivity contribution < 1.29 is 47.4 Å². The third-order valence-electron chi connectivity index (χ3n) is 27.6. The van der Waals surface area contributed by atoms with Crippen LogP contribution in [0.1, 0.15) is 412 Å². The van der Waals surface area contributed by atoms with Gasteiger partial charge in [-0.05, 0) is 137 Å². The number of hydrogen-bond donors (Lipinski definition) is 0. The van der Waals surface area contributed by atoms with Crippen molar-refractivity contribution in [3.8, 4) is 0 Å². The van der Waals surface area contributed by atoms with Crippen molar-refractivity contribution in [2.75, 3.05) is 59.5 Å². The van der Waals surface area contributed by atoms with Gasteiger partial charge in [-0.1, -0.05) is 461 Å². The Morgan fingerprint density at radius 2 is 0.472 bits per heavy atom. The topological polar surface area (TPSA) is 92.3 Å². The maximum absolute atomic E-state index is 7.51. The molecule has 1 aliphatic rings. The van der Waals surface area contributed by atoms with Gasteiger partial charge in [0.25, 0.3) is 0 Å². The molecule has 3 aromatic rings. The van der Waals surface area contributed by atoms with Gasteiger partial charge >= 0.3 is 0 Å². The van der Waals surface area contributed by atoms with Crippen LogP contribution < -0.4 is 0 Å². The lowest BCUT2D eigenvalue weighted by atomic mass is 9.91. The Balaban J connectivity index is 1.63. The lowest BCUT2D eigenvalue weighted by Gasteiger charge is -2.46. The van der Waals surface area contributed by atoms with Crippen molar-refractivity contribution in [2.45, 2.75) is 458 Å². The maximum Gasteiger partial charge on any atom is 0.187 e. The van der Waals surface area contributed by atoms with E-state index >= 15 is 0 Å². The molecule has 4 rings (SSSR count). The number of rotatable bonds is 82. The van der Waals surface area contributed by atoms with Crippen molar-refractivity contribution in [3.05, 3.63) is 108 Å². The van der Waals surface area contributed by atoms with E-state index in [9.17, 15) is 0 Å². The van der Waals surface area contributed by atoms with E-state index < -0.39 is 30.7 Å². The second kappa shape index (κ2) is 71.9. The van der Waals surface area contributed by atoms with Crippen molar-refractivity contribution >= 4 is 0 Å². The van der Waals surface area contributed by atoms with Gasteiger partial charge in [-0.15, -0.1) is 0 Å². The molecule has 714 valence electrons. The Kier molecular flexibility index (Phi) is 65.9. The van der Waals surface area contributed by atoms with Gasteiger partial charge in [0.2, 0.25) is 0 Å². The predicted molar refractivity (Wildman–Crippen MR) is 526 cm³/mol. The van der Waals surface area contributed by atoms with Gasteiger partial charge in [0.15, 0.2) is 6.29 Å². The second-order valence-corrected chi connectivity index (χ2v) is 43.0. The Bertz CT molecular complexity index is 2780. The van der Waals surface area contributed by atoms with E-state index in [4.69, 9.17) is 47.4 Å². The highest BCUT2D eigenvalue weighted by Crippen LogP contribution is 2.34. The molecule has 0 amide bonds. The number of ether oxygens (including phenoxy) is 10. The Morgan fingerprint density at radius 1 is 0.228 bits per heavy atom. The summed E-state index contributed by atoms with van der Waals surface area (Å²) >= 11 is 0. The standard InChI is InChI=1S/C113H202O10/c1-88(2)42-30-46-92(9)50-34-54-96(13)58-38-62-100(17)72-76-114-83-107(117-78-74-102(19)64-40-60-98(15)56-36-52-94(11)48-32-44-90(5)6)85-121-112-111(120-82-106-70-28-23-29-71-106)110(119-81-105-68-26-22-27-69-105)109(87-116-80-104-66-24-21-25-67-104)123-113(112)122-86-108(118-79-75-103(20)65-41-61-99(16)57-37-53-95(12)49-33-45-91(7)8)84-115-77-73-101(18)63-39-59-97(14)55-35-51-93(10)47-31-43-89(3)4/h21-29,66-71,88-103,107-113H,30-65,72-87H2,1-20H3/t92-,93-,94-,95-,96+,97+,98+,99+,100+,101+,102+,103+,107+,108+,109-,110-,111+,112+,113+/m1/s1. The first-order valence-corrected chi connectivity index (χ1v) is 52.5.